The molecule has 1 aromatic heterocycles. The summed E-state index contributed by atoms with van der Waals surface area (Å²) in [5.41, 5.74) is 0.579. The van der Waals surface area contributed by atoms with Gasteiger partial charge in [-0.15, -0.1) is 0 Å². The first-order valence-corrected chi connectivity index (χ1v) is 3.15. The zero-order valence-corrected chi connectivity index (χ0v) is 6.41. The van der Waals surface area contributed by atoms with Crippen molar-refractivity contribution in [2.24, 2.45) is 0 Å². The minimum Gasteiger partial charge on any atom is -0.220 e. The fraction of sp³-hybridized carbons (Fsp3) is 0.333. The van der Waals surface area contributed by atoms with Gasteiger partial charge in [-0.05, 0) is 25.4 Å². The van der Waals surface area contributed by atoms with Crippen molar-refractivity contribution in [1.29, 1.82) is 0 Å². The Morgan fingerprint density at radius 2 is 1.60 bits per heavy atom. The molecule has 0 fully saturated rings. The molecule has 0 aliphatic rings. The molecule has 0 spiro atoms. The summed E-state index contributed by atoms with van der Waals surface area (Å²) in [4.78, 5) is 7.23. The van der Waals surface area contributed by atoms with Crippen LogP contribution >= 0.6 is 11.6 Å². The summed E-state index contributed by atoms with van der Waals surface area (Å²) >= 11 is 5.43. The van der Waals surface area contributed by atoms with Gasteiger partial charge in [0.05, 0.1) is 11.4 Å². The molecule has 4 heteroatoms. The van der Waals surface area contributed by atoms with Crippen LogP contribution in [0.25, 0.3) is 0 Å². The third-order valence-corrected chi connectivity index (χ3v) is 1.32. The van der Waals surface area contributed by atoms with E-state index in [4.69, 9.17) is 11.6 Å². The van der Waals surface area contributed by atoms with Gasteiger partial charge in [0, 0.05) is 0 Å². The highest BCUT2D eigenvalue weighted by Gasteiger charge is 2.04. The number of hydrogen-bond acceptors (Lipinski definition) is 2. The molecular weight excluding hydrogens is 155 g/mol. The molecule has 0 saturated heterocycles. The van der Waals surface area contributed by atoms with Crippen LogP contribution in [0.15, 0.2) is 0 Å². The van der Waals surface area contributed by atoms with Crippen LogP contribution in [-0.2, 0) is 0 Å². The molecule has 0 aromatic carbocycles. The van der Waals surface area contributed by atoms with Gasteiger partial charge >= 0.3 is 0 Å². The molecular formula is C6H6ClFN2. The Balaban J connectivity index is 3.31. The lowest BCUT2D eigenvalue weighted by Crippen LogP contribution is -1.96. The predicted molar refractivity (Wildman–Crippen MR) is 36.5 cm³/mol. The van der Waals surface area contributed by atoms with Gasteiger partial charge in [0.2, 0.25) is 5.28 Å². The van der Waals surface area contributed by atoms with Crippen molar-refractivity contribution < 1.29 is 4.39 Å². The Bertz CT molecular complexity index is 239. The SMILES string of the molecule is Cc1nc(Cl)nc(C)c1F. The lowest BCUT2D eigenvalue weighted by atomic mass is 10.3. The van der Waals surface area contributed by atoms with Crippen LogP contribution in [0.2, 0.25) is 5.28 Å². The molecule has 0 atom stereocenters. The maximum Gasteiger partial charge on any atom is 0.222 e. The maximum atomic E-state index is 12.7. The van der Waals surface area contributed by atoms with E-state index in [0.29, 0.717) is 0 Å². The van der Waals surface area contributed by atoms with Crippen LogP contribution in [0, 0.1) is 19.7 Å². The summed E-state index contributed by atoms with van der Waals surface area (Å²) in [6.07, 6.45) is 0. The topological polar surface area (TPSA) is 25.8 Å². The quantitative estimate of drug-likeness (QED) is 0.542. The van der Waals surface area contributed by atoms with Gasteiger partial charge in [0.15, 0.2) is 5.82 Å². The van der Waals surface area contributed by atoms with E-state index < -0.39 is 0 Å². The summed E-state index contributed by atoms with van der Waals surface area (Å²) in [6, 6.07) is 0. The number of rotatable bonds is 0. The smallest absolute Gasteiger partial charge is 0.220 e. The maximum absolute atomic E-state index is 12.7. The van der Waals surface area contributed by atoms with Gasteiger partial charge < -0.3 is 0 Å². The highest BCUT2D eigenvalue weighted by molar-refractivity contribution is 6.28. The lowest BCUT2D eigenvalue weighted by molar-refractivity contribution is 0.589. The fourth-order valence-electron chi connectivity index (χ4n) is 0.662. The molecule has 1 heterocycles. The van der Waals surface area contributed by atoms with Gasteiger partial charge in [-0.25, -0.2) is 14.4 Å². The van der Waals surface area contributed by atoms with Crippen molar-refractivity contribution in [3.63, 3.8) is 0 Å². The van der Waals surface area contributed by atoms with Crippen molar-refractivity contribution in [3.8, 4) is 0 Å². The second-order valence-corrected chi connectivity index (χ2v) is 2.32. The van der Waals surface area contributed by atoms with Crippen molar-refractivity contribution >= 4 is 11.6 Å². The Hall–Kier alpha value is -0.700. The zero-order valence-electron chi connectivity index (χ0n) is 5.65. The Morgan fingerprint density at radius 3 is 2.00 bits per heavy atom. The summed E-state index contributed by atoms with van der Waals surface area (Å²) in [7, 11) is 0. The van der Waals surface area contributed by atoms with Gasteiger partial charge in [-0.3, -0.25) is 0 Å². The summed E-state index contributed by atoms with van der Waals surface area (Å²) in [5, 5.41) is 0.0939. The van der Waals surface area contributed by atoms with E-state index in [1.54, 1.807) is 13.8 Å². The van der Waals surface area contributed by atoms with E-state index in [-0.39, 0.29) is 22.5 Å². The molecule has 0 aliphatic heterocycles. The predicted octanol–water partition coefficient (Wildman–Crippen LogP) is 1.89. The number of nitrogens with zero attached hydrogens (tertiary/aromatic N) is 2. The Labute approximate surface area is 63.1 Å². The first-order chi connectivity index (χ1) is 4.61. The average Bonchev–Trinajstić information content (AvgIpc) is 1.82. The van der Waals surface area contributed by atoms with Crippen LogP contribution in [0.5, 0.6) is 0 Å². The number of halogens is 2. The van der Waals surface area contributed by atoms with E-state index in [2.05, 4.69) is 9.97 Å². The van der Waals surface area contributed by atoms with Gasteiger partial charge in [-0.1, -0.05) is 0 Å². The second-order valence-electron chi connectivity index (χ2n) is 1.98. The minimum absolute atomic E-state index is 0.0939. The normalized spacial score (nSPS) is 10.0. The molecule has 0 radical (unpaired) electrons. The summed E-state index contributed by atoms with van der Waals surface area (Å²) in [5.74, 6) is -0.385. The van der Waals surface area contributed by atoms with Crippen LogP contribution in [0.3, 0.4) is 0 Å². The second kappa shape index (κ2) is 2.50. The van der Waals surface area contributed by atoms with E-state index in [1.165, 1.54) is 0 Å². The summed E-state index contributed by atoms with van der Waals surface area (Å²) < 4.78 is 12.7. The van der Waals surface area contributed by atoms with Crippen LogP contribution < -0.4 is 0 Å². The monoisotopic (exact) mass is 160 g/mol. The van der Waals surface area contributed by atoms with Crippen molar-refractivity contribution in [3.05, 3.63) is 22.5 Å². The first kappa shape index (κ1) is 7.41. The minimum atomic E-state index is -0.385. The standard InChI is InChI=1S/C6H6ClFN2/c1-3-5(8)4(2)10-6(7)9-3/h1-2H3. The molecule has 0 amide bonds. The molecule has 54 valence electrons. The van der Waals surface area contributed by atoms with Crippen molar-refractivity contribution in [2.45, 2.75) is 13.8 Å². The van der Waals surface area contributed by atoms with Gasteiger partial charge in [0.1, 0.15) is 0 Å². The van der Waals surface area contributed by atoms with Gasteiger partial charge in [0.25, 0.3) is 0 Å². The number of hydrogen-bond donors (Lipinski definition) is 0. The fourth-order valence-corrected chi connectivity index (χ4v) is 0.915. The van der Waals surface area contributed by atoms with E-state index >= 15 is 0 Å². The highest BCUT2D eigenvalue weighted by atomic mass is 35.5. The number of aryl methyl sites for hydroxylation is 2. The van der Waals surface area contributed by atoms with E-state index in [0.717, 1.165) is 0 Å². The molecule has 0 bridgehead atoms. The molecule has 0 saturated carbocycles. The van der Waals surface area contributed by atoms with Crippen LogP contribution in [-0.4, -0.2) is 9.97 Å². The van der Waals surface area contributed by atoms with Crippen LogP contribution in [0.4, 0.5) is 4.39 Å². The molecule has 0 aliphatic carbocycles. The Morgan fingerprint density at radius 1 is 1.20 bits per heavy atom. The molecule has 10 heavy (non-hydrogen) atoms. The van der Waals surface area contributed by atoms with Crippen molar-refractivity contribution in [1.82, 2.24) is 9.97 Å². The lowest BCUT2D eigenvalue weighted by Gasteiger charge is -1.97. The molecule has 0 N–H and O–H groups in total. The Kier molecular flexibility index (Phi) is 1.85. The third kappa shape index (κ3) is 1.24. The van der Waals surface area contributed by atoms with Gasteiger partial charge in [-0.2, -0.15) is 0 Å². The summed E-state index contributed by atoms with van der Waals surface area (Å²) in [6.45, 7) is 3.10. The first-order valence-electron chi connectivity index (χ1n) is 2.77. The molecule has 1 aromatic rings. The molecule has 2 nitrogen and oxygen atoms in total. The number of aromatic nitrogens is 2. The molecule has 0 unspecified atom stereocenters. The molecule has 1 rings (SSSR count). The van der Waals surface area contributed by atoms with E-state index in [9.17, 15) is 4.39 Å². The zero-order chi connectivity index (χ0) is 7.72. The largest absolute Gasteiger partial charge is 0.222 e. The van der Waals surface area contributed by atoms with Crippen LogP contribution in [0.1, 0.15) is 11.4 Å². The van der Waals surface area contributed by atoms with Crippen molar-refractivity contribution in [2.75, 3.05) is 0 Å². The third-order valence-electron chi connectivity index (χ3n) is 1.16. The highest BCUT2D eigenvalue weighted by Crippen LogP contribution is 2.09. The van der Waals surface area contributed by atoms with E-state index in [1.807, 2.05) is 0 Å². The average molecular weight is 161 g/mol.